The van der Waals surface area contributed by atoms with Crippen molar-refractivity contribution in [2.24, 2.45) is 5.92 Å². The fourth-order valence-corrected chi connectivity index (χ4v) is 2.43. The third-order valence-electron chi connectivity index (χ3n) is 1.69. The normalized spacial score (nSPS) is 10.8. The highest BCUT2D eigenvalue weighted by Crippen LogP contribution is 2.32. The summed E-state index contributed by atoms with van der Waals surface area (Å²) in [5.74, 6) is 2.28. The molecule has 0 aliphatic rings. The summed E-state index contributed by atoms with van der Waals surface area (Å²) in [5.41, 5.74) is 0. The lowest BCUT2D eigenvalue weighted by molar-refractivity contribution is 0.749. The first-order chi connectivity index (χ1) is 7.04. The summed E-state index contributed by atoms with van der Waals surface area (Å²) >= 11 is 13.6. The topological polar surface area (TPSA) is 24.9 Å². The van der Waals surface area contributed by atoms with E-state index < -0.39 is 0 Å². The minimum Gasteiger partial charge on any atom is -0.372 e. The maximum Gasteiger partial charge on any atom is 0.145 e. The minimum atomic E-state index is 0.552. The Morgan fingerprint density at radius 1 is 1.40 bits per heavy atom. The SMILES string of the molecule is CNc1nc(SCC(C)C)c(Cl)cc1Cl. The van der Waals surface area contributed by atoms with E-state index in [0.717, 1.165) is 10.8 Å². The van der Waals surface area contributed by atoms with Crippen molar-refractivity contribution < 1.29 is 0 Å². The van der Waals surface area contributed by atoms with Crippen LogP contribution >= 0.6 is 35.0 Å². The third-order valence-corrected chi connectivity index (χ3v) is 3.79. The minimum absolute atomic E-state index is 0.552. The smallest absolute Gasteiger partial charge is 0.145 e. The molecule has 0 aliphatic carbocycles. The Kier molecular flexibility index (Phi) is 5.03. The Morgan fingerprint density at radius 3 is 2.60 bits per heavy atom. The predicted molar refractivity (Wildman–Crippen MR) is 69.4 cm³/mol. The van der Waals surface area contributed by atoms with Crippen molar-refractivity contribution in [3.63, 3.8) is 0 Å². The van der Waals surface area contributed by atoms with Gasteiger partial charge in [-0.05, 0) is 12.0 Å². The summed E-state index contributed by atoms with van der Waals surface area (Å²) in [6, 6.07) is 1.73. The van der Waals surface area contributed by atoms with Gasteiger partial charge in [-0.25, -0.2) is 4.98 Å². The number of thioether (sulfide) groups is 1. The monoisotopic (exact) mass is 264 g/mol. The Labute approximate surface area is 105 Å². The van der Waals surface area contributed by atoms with Crippen molar-refractivity contribution in [3.05, 3.63) is 16.1 Å². The zero-order valence-electron chi connectivity index (χ0n) is 8.97. The van der Waals surface area contributed by atoms with Crippen LogP contribution in [0.4, 0.5) is 5.82 Å². The van der Waals surface area contributed by atoms with Crippen molar-refractivity contribution in [1.82, 2.24) is 4.98 Å². The van der Waals surface area contributed by atoms with Crippen LogP contribution in [0.25, 0.3) is 0 Å². The molecule has 0 atom stereocenters. The van der Waals surface area contributed by atoms with Crippen molar-refractivity contribution in [2.75, 3.05) is 18.1 Å². The molecular formula is C10H14Cl2N2S. The number of nitrogens with zero attached hydrogens (tertiary/aromatic N) is 1. The second kappa shape index (κ2) is 5.83. The zero-order chi connectivity index (χ0) is 11.4. The molecule has 0 bridgehead atoms. The Morgan fingerprint density at radius 2 is 2.07 bits per heavy atom. The molecule has 0 fully saturated rings. The Balaban J connectivity index is 2.87. The van der Waals surface area contributed by atoms with E-state index in [2.05, 4.69) is 24.1 Å². The molecule has 0 saturated heterocycles. The van der Waals surface area contributed by atoms with Crippen molar-refractivity contribution in [1.29, 1.82) is 0 Å². The molecule has 0 aliphatic heterocycles. The van der Waals surface area contributed by atoms with E-state index in [-0.39, 0.29) is 0 Å². The summed E-state index contributed by atoms with van der Waals surface area (Å²) in [6.45, 7) is 4.33. The molecule has 1 aromatic heterocycles. The van der Waals surface area contributed by atoms with Gasteiger partial charge in [-0.1, -0.05) is 37.0 Å². The molecule has 1 heterocycles. The lowest BCUT2D eigenvalue weighted by Crippen LogP contribution is -1.97. The van der Waals surface area contributed by atoms with E-state index in [9.17, 15) is 0 Å². The molecule has 1 aromatic rings. The lowest BCUT2D eigenvalue weighted by atomic mass is 10.3. The van der Waals surface area contributed by atoms with Gasteiger partial charge < -0.3 is 5.32 Å². The van der Waals surface area contributed by atoms with Crippen LogP contribution in [-0.4, -0.2) is 17.8 Å². The maximum atomic E-state index is 6.05. The first kappa shape index (κ1) is 12.9. The van der Waals surface area contributed by atoms with Crippen molar-refractivity contribution >= 4 is 40.8 Å². The summed E-state index contributed by atoms with van der Waals surface area (Å²) < 4.78 is 0. The van der Waals surface area contributed by atoms with Crippen LogP contribution in [0, 0.1) is 5.92 Å². The average molecular weight is 265 g/mol. The predicted octanol–water partition coefficient (Wildman–Crippen LogP) is 4.18. The van der Waals surface area contributed by atoms with Crippen LogP contribution in [0.2, 0.25) is 10.0 Å². The number of rotatable bonds is 4. The van der Waals surface area contributed by atoms with Crippen molar-refractivity contribution in [3.8, 4) is 0 Å². The summed E-state index contributed by atoms with van der Waals surface area (Å²) in [5, 5.41) is 4.94. The van der Waals surface area contributed by atoms with Crippen LogP contribution in [0.1, 0.15) is 13.8 Å². The second-order valence-electron chi connectivity index (χ2n) is 3.56. The molecule has 0 radical (unpaired) electrons. The molecule has 2 nitrogen and oxygen atoms in total. The van der Waals surface area contributed by atoms with Crippen LogP contribution in [0.15, 0.2) is 11.1 Å². The molecule has 0 saturated carbocycles. The van der Waals surface area contributed by atoms with Gasteiger partial charge in [0.15, 0.2) is 0 Å². The quantitative estimate of drug-likeness (QED) is 0.827. The van der Waals surface area contributed by atoms with Crippen molar-refractivity contribution in [2.45, 2.75) is 18.9 Å². The molecule has 0 unspecified atom stereocenters. The van der Waals surface area contributed by atoms with E-state index >= 15 is 0 Å². The molecule has 15 heavy (non-hydrogen) atoms. The molecule has 1 N–H and O–H groups in total. The second-order valence-corrected chi connectivity index (χ2v) is 5.38. The van der Waals surface area contributed by atoms with Gasteiger partial charge in [-0.15, -0.1) is 11.8 Å². The van der Waals surface area contributed by atoms with E-state index in [1.165, 1.54) is 0 Å². The number of hydrogen-bond acceptors (Lipinski definition) is 3. The van der Waals surface area contributed by atoms with Crippen LogP contribution in [0.5, 0.6) is 0 Å². The van der Waals surface area contributed by atoms with E-state index in [1.807, 2.05) is 0 Å². The standard InChI is InChI=1S/C10H14Cl2N2S/c1-6(2)5-15-10-8(12)4-7(11)9(13-3)14-10/h4,6H,5H2,1-3H3,(H,13,14). The van der Waals surface area contributed by atoms with E-state index in [4.69, 9.17) is 23.2 Å². The summed E-state index contributed by atoms with van der Waals surface area (Å²) in [7, 11) is 1.79. The average Bonchev–Trinajstić information content (AvgIpc) is 2.16. The molecule has 0 aromatic carbocycles. The Hall–Kier alpha value is -0.120. The number of anilines is 1. The Bertz CT molecular complexity index is 342. The van der Waals surface area contributed by atoms with Gasteiger partial charge in [-0.3, -0.25) is 0 Å². The van der Waals surface area contributed by atoms with Gasteiger partial charge in [0.25, 0.3) is 0 Å². The first-order valence-electron chi connectivity index (χ1n) is 4.71. The van der Waals surface area contributed by atoms with E-state index in [0.29, 0.717) is 21.8 Å². The van der Waals surface area contributed by atoms with Gasteiger partial charge in [0.2, 0.25) is 0 Å². The summed E-state index contributed by atoms with van der Waals surface area (Å²) in [6.07, 6.45) is 0. The molecule has 1 rings (SSSR count). The lowest BCUT2D eigenvalue weighted by Gasteiger charge is -2.09. The fourth-order valence-electron chi connectivity index (χ4n) is 0.972. The highest BCUT2D eigenvalue weighted by Gasteiger charge is 2.09. The third kappa shape index (κ3) is 3.74. The van der Waals surface area contributed by atoms with E-state index in [1.54, 1.807) is 24.9 Å². The highest BCUT2D eigenvalue weighted by atomic mass is 35.5. The number of hydrogen-bond donors (Lipinski definition) is 1. The van der Waals surface area contributed by atoms with Gasteiger partial charge >= 0.3 is 0 Å². The number of pyridine rings is 1. The molecule has 0 amide bonds. The fraction of sp³-hybridized carbons (Fsp3) is 0.500. The van der Waals surface area contributed by atoms with Gasteiger partial charge in [0, 0.05) is 12.8 Å². The number of halogens is 2. The molecule has 5 heteroatoms. The van der Waals surface area contributed by atoms with Crippen LogP contribution in [0.3, 0.4) is 0 Å². The highest BCUT2D eigenvalue weighted by molar-refractivity contribution is 7.99. The van der Waals surface area contributed by atoms with Crippen LogP contribution in [-0.2, 0) is 0 Å². The van der Waals surface area contributed by atoms with Gasteiger partial charge in [0.05, 0.1) is 10.0 Å². The largest absolute Gasteiger partial charge is 0.372 e. The first-order valence-corrected chi connectivity index (χ1v) is 6.45. The van der Waals surface area contributed by atoms with Gasteiger partial charge in [-0.2, -0.15) is 0 Å². The van der Waals surface area contributed by atoms with Crippen LogP contribution < -0.4 is 5.32 Å². The zero-order valence-corrected chi connectivity index (χ0v) is 11.3. The number of aromatic nitrogens is 1. The molecule has 0 spiro atoms. The maximum absolute atomic E-state index is 6.05. The molecular weight excluding hydrogens is 251 g/mol. The number of nitrogens with one attached hydrogen (secondary N) is 1. The summed E-state index contributed by atoms with van der Waals surface area (Å²) in [4.78, 5) is 4.35. The van der Waals surface area contributed by atoms with Gasteiger partial charge in [0.1, 0.15) is 10.8 Å². The molecule has 84 valence electrons.